The Balaban J connectivity index is 2.18. The van der Waals surface area contributed by atoms with Crippen LogP contribution in [0.2, 0.25) is 0 Å². The highest BCUT2D eigenvalue weighted by Crippen LogP contribution is 2.37. The van der Waals surface area contributed by atoms with Gasteiger partial charge in [-0.3, -0.25) is 5.32 Å². The summed E-state index contributed by atoms with van der Waals surface area (Å²) in [5, 5.41) is 2.64. The van der Waals surface area contributed by atoms with E-state index in [0.717, 1.165) is 32.1 Å². The van der Waals surface area contributed by atoms with Gasteiger partial charge in [-0.1, -0.05) is 19.3 Å². The summed E-state index contributed by atoms with van der Waals surface area (Å²) < 4.78 is 19.4. The largest absolute Gasteiger partial charge is 0.444 e. The zero-order valence-electron chi connectivity index (χ0n) is 13.5. The molecule has 1 aromatic rings. The van der Waals surface area contributed by atoms with Gasteiger partial charge in [0.25, 0.3) is 0 Å². The average Bonchev–Trinajstić information content (AvgIpc) is 2.39. The van der Waals surface area contributed by atoms with Crippen LogP contribution in [0.5, 0.6) is 0 Å². The van der Waals surface area contributed by atoms with Crippen molar-refractivity contribution in [3.8, 4) is 0 Å². The number of hydrogen-bond acceptors (Lipinski definition) is 3. The van der Waals surface area contributed by atoms with Gasteiger partial charge in [-0.2, -0.15) is 0 Å². The van der Waals surface area contributed by atoms with Crippen LogP contribution in [-0.4, -0.2) is 11.7 Å². The number of hydrogen-bond donors (Lipinski definition) is 2. The summed E-state index contributed by atoms with van der Waals surface area (Å²) in [6, 6.07) is 4.50. The Hall–Kier alpha value is -1.62. The van der Waals surface area contributed by atoms with Crippen molar-refractivity contribution in [3.63, 3.8) is 0 Å². The van der Waals surface area contributed by atoms with Crippen LogP contribution in [0.3, 0.4) is 0 Å². The molecule has 1 fully saturated rings. The lowest BCUT2D eigenvalue weighted by Gasteiger charge is -2.34. The van der Waals surface area contributed by atoms with Gasteiger partial charge in [-0.05, 0) is 51.8 Å². The van der Waals surface area contributed by atoms with Crippen molar-refractivity contribution < 1.29 is 13.9 Å². The second-order valence-electron chi connectivity index (χ2n) is 7.04. The maximum Gasteiger partial charge on any atom is 0.412 e. The number of carbonyl (C=O) groups is 1. The molecule has 0 aromatic heterocycles. The summed E-state index contributed by atoms with van der Waals surface area (Å²) >= 11 is 0. The van der Waals surface area contributed by atoms with E-state index >= 15 is 0 Å². The van der Waals surface area contributed by atoms with E-state index in [1.54, 1.807) is 26.8 Å². The van der Waals surface area contributed by atoms with Gasteiger partial charge in [0.2, 0.25) is 0 Å². The standard InChI is InChI=1S/C17H25FN2O2/c1-16(2,3)22-15(21)20-12-7-8-14(18)13(11-12)17(19)9-5-4-6-10-17/h7-8,11H,4-6,9-10,19H2,1-3H3,(H,20,21). The molecule has 0 aliphatic heterocycles. The topological polar surface area (TPSA) is 64.3 Å². The minimum Gasteiger partial charge on any atom is -0.444 e. The van der Waals surface area contributed by atoms with Gasteiger partial charge in [0.1, 0.15) is 11.4 Å². The van der Waals surface area contributed by atoms with Crippen LogP contribution < -0.4 is 11.1 Å². The SMILES string of the molecule is CC(C)(C)OC(=O)Nc1ccc(F)c(C2(N)CCCCC2)c1. The first-order chi connectivity index (χ1) is 10.2. The van der Waals surface area contributed by atoms with Crippen molar-refractivity contribution in [1.29, 1.82) is 0 Å². The lowest BCUT2D eigenvalue weighted by molar-refractivity contribution is 0.0636. The summed E-state index contributed by atoms with van der Waals surface area (Å²) in [4.78, 5) is 11.8. The Morgan fingerprint density at radius 3 is 2.50 bits per heavy atom. The van der Waals surface area contributed by atoms with Crippen LogP contribution >= 0.6 is 0 Å². The highest BCUT2D eigenvalue weighted by Gasteiger charge is 2.32. The fourth-order valence-corrected chi connectivity index (χ4v) is 2.86. The van der Waals surface area contributed by atoms with E-state index in [9.17, 15) is 9.18 Å². The normalized spacial score (nSPS) is 17.9. The molecule has 1 aliphatic rings. The van der Waals surface area contributed by atoms with E-state index in [2.05, 4.69) is 5.32 Å². The van der Waals surface area contributed by atoms with E-state index in [1.807, 2.05) is 0 Å². The predicted octanol–water partition coefficient (Wildman–Crippen LogP) is 4.29. The molecule has 0 atom stereocenters. The van der Waals surface area contributed by atoms with Crippen LogP contribution in [0.15, 0.2) is 18.2 Å². The summed E-state index contributed by atoms with van der Waals surface area (Å²) in [6.45, 7) is 5.37. The molecule has 0 heterocycles. The molecule has 0 spiro atoms. The second kappa shape index (κ2) is 6.24. The van der Waals surface area contributed by atoms with Crippen LogP contribution in [0, 0.1) is 5.82 Å². The first-order valence-electron chi connectivity index (χ1n) is 7.79. The quantitative estimate of drug-likeness (QED) is 0.856. The molecule has 0 radical (unpaired) electrons. The lowest BCUT2D eigenvalue weighted by atomic mass is 9.77. The zero-order valence-corrected chi connectivity index (χ0v) is 13.5. The Kier molecular flexibility index (Phi) is 4.75. The molecule has 5 heteroatoms. The Morgan fingerprint density at radius 1 is 1.27 bits per heavy atom. The van der Waals surface area contributed by atoms with Crippen LogP contribution in [-0.2, 0) is 10.3 Å². The van der Waals surface area contributed by atoms with Crippen molar-refractivity contribution in [2.75, 3.05) is 5.32 Å². The third-order valence-corrected chi connectivity index (χ3v) is 3.89. The minimum atomic E-state index is -0.645. The molecular formula is C17H25FN2O2. The average molecular weight is 308 g/mol. The van der Waals surface area contributed by atoms with Crippen LogP contribution in [0.1, 0.15) is 58.4 Å². The molecule has 0 bridgehead atoms. The number of halogens is 1. The van der Waals surface area contributed by atoms with Crippen molar-refractivity contribution in [2.24, 2.45) is 5.73 Å². The number of anilines is 1. The smallest absolute Gasteiger partial charge is 0.412 e. The summed E-state index contributed by atoms with van der Waals surface area (Å²) in [5.41, 5.74) is 6.15. The molecule has 0 saturated heterocycles. The van der Waals surface area contributed by atoms with E-state index in [-0.39, 0.29) is 5.82 Å². The van der Waals surface area contributed by atoms with E-state index in [1.165, 1.54) is 12.1 Å². The van der Waals surface area contributed by atoms with Crippen LogP contribution in [0.25, 0.3) is 0 Å². The van der Waals surface area contributed by atoms with Gasteiger partial charge >= 0.3 is 6.09 Å². The number of rotatable bonds is 2. The Morgan fingerprint density at radius 2 is 1.91 bits per heavy atom. The number of nitrogens with one attached hydrogen (secondary N) is 1. The maximum atomic E-state index is 14.2. The number of amides is 1. The molecular weight excluding hydrogens is 283 g/mol. The number of carbonyl (C=O) groups excluding carboxylic acids is 1. The maximum absolute atomic E-state index is 14.2. The van der Waals surface area contributed by atoms with E-state index in [0.29, 0.717) is 11.3 Å². The van der Waals surface area contributed by atoms with Gasteiger partial charge in [0.05, 0.1) is 0 Å². The van der Waals surface area contributed by atoms with Crippen molar-refractivity contribution in [3.05, 3.63) is 29.6 Å². The number of nitrogens with two attached hydrogens (primary N) is 1. The van der Waals surface area contributed by atoms with Gasteiger partial charge in [0, 0.05) is 16.8 Å². The third kappa shape index (κ3) is 4.19. The van der Waals surface area contributed by atoms with Gasteiger partial charge in [0.15, 0.2) is 0 Å². The van der Waals surface area contributed by atoms with Gasteiger partial charge in [-0.15, -0.1) is 0 Å². The van der Waals surface area contributed by atoms with Crippen LogP contribution in [0.4, 0.5) is 14.9 Å². The molecule has 1 aromatic carbocycles. The van der Waals surface area contributed by atoms with E-state index < -0.39 is 17.2 Å². The summed E-state index contributed by atoms with van der Waals surface area (Å²) in [7, 11) is 0. The fourth-order valence-electron chi connectivity index (χ4n) is 2.86. The number of ether oxygens (including phenoxy) is 1. The second-order valence-corrected chi connectivity index (χ2v) is 7.04. The molecule has 1 aliphatic carbocycles. The first-order valence-corrected chi connectivity index (χ1v) is 7.79. The third-order valence-electron chi connectivity index (χ3n) is 3.89. The minimum absolute atomic E-state index is 0.320. The molecule has 22 heavy (non-hydrogen) atoms. The Labute approximate surface area is 131 Å². The summed E-state index contributed by atoms with van der Waals surface area (Å²) in [6.07, 6.45) is 4.11. The van der Waals surface area contributed by atoms with Gasteiger partial charge < -0.3 is 10.5 Å². The predicted molar refractivity (Wildman–Crippen MR) is 85.2 cm³/mol. The zero-order chi connectivity index (χ0) is 16.4. The fraction of sp³-hybridized carbons (Fsp3) is 0.588. The molecule has 3 N–H and O–H groups in total. The summed E-state index contributed by atoms with van der Waals surface area (Å²) in [5.74, 6) is -0.320. The Bertz CT molecular complexity index is 546. The molecule has 122 valence electrons. The monoisotopic (exact) mass is 308 g/mol. The molecule has 1 saturated carbocycles. The molecule has 4 nitrogen and oxygen atoms in total. The highest BCUT2D eigenvalue weighted by atomic mass is 19.1. The highest BCUT2D eigenvalue weighted by molar-refractivity contribution is 5.85. The van der Waals surface area contributed by atoms with Crippen molar-refractivity contribution in [2.45, 2.75) is 64.0 Å². The van der Waals surface area contributed by atoms with Crippen molar-refractivity contribution in [1.82, 2.24) is 0 Å². The lowest BCUT2D eigenvalue weighted by Crippen LogP contribution is -2.39. The van der Waals surface area contributed by atoms with Gasteiger partial charge in [-0.25, -0.2) is 9.18 Å². The number of benzene rings is 1. The first kappa shape index (κ1) is 16.7. The van der Waals surface area contributed by atoms with E-state index in [4.69, 9.17) is 10.5 Å². The molecule has 1 amide bonds. The molecule has 2 rings (SSSR count). The molecule has 0 unspecified atom stereocenters. The van der Waals surface area contributed by atoms with Crippen molar-refractivity contribution >= 4 is 11.8 Å².